The first-order chi connectivity index (χ1) is 16.4. The van der Waals surface area contributed by atoms with E-state index in [0.29, 0.717) is 54.7 Å². The maximum atomic E-state index is 14.4. The van der Waals surface area contributed by atoms with Crippen LogP contribution in [-0.2, 0) is 10.0 Å². The molecule has 0 radical (unpaired) electrons. The molecule has 2 aliphatic rings. The van der Waals surface area contributed by atoms with Crippen LogP contribution in [0.15, 0.2) is 30.3 Å². The summed E-state index contributed by atoms with van der Waals surface area (Å²) in [5.41, 5.74) is 0.898. The van der Waals surface area contributed by atoms with Crippen LogP contribution in [0.1, 0.15) is 64.2 Å². The van der Waals surface area contributed by atoms with E-state index in [1.165, 1.54) is 12.1 Å². The molecule has 0 spiro atoms. The molecule has 35 heavy (non-hydrogen) atoms. The van der Waals surface area contributed by atoms with E-state index in [0.717, 1.165) is 6.42 Å². The molecule has 2 fully saturated rings. The summed E-state index contributed by atoms with van der Waals surface area (Å²) in [5, 5.41) is -0.512. The van der Waals surface area contributed by atoms with Gasteiger partial charge in [0.05, 0.1) is 23.1 Å². The Labute approximate surface area is 207 Å². The lowest BCUT2D eigenvalue weighted by Crippen LogP contribution is -2.41. The SMILES string of the molecule is CC(C)COc1cc(F)cc(-c2ccc(C(=O)NS(=O)(=O)C3CC3)c(N3C[C@@H](C)CC3(C)C)n2)c1. The first kappa shape index (κ1) is 25.4. The zero-order valence-corrected chi connectivity index (χ0v) is 21.8. The minimum Gasteiger partial charge on any atom is -0.493 e. The molecule has 1 atom stereocenters. The van der Waals surface area contributed by atoms with E-state index in [1.807, 2.05) is 13.8 Å². The van der Waals surface area contributed by atoms with Gasteiger partial charge in [-0.1, -0.05) is 20.8 Å². The van der Waals surface area contributed by atoms with Gasteiger partial charge in [0.25, 0.3) is 5.91 Å². The second-order valence-electron chi connectivity index (χ2n) is 10.9. The second kappa shape index (κ2) is 9.41. The van der Waals surface area contributed by atoms with Crippen molar-refractivity contribution in [2.45, 2.75) is 64.7 Å². The first-order valence-electron chi connectivity index (χ1n) is 12.1. The lowest BCUT2D eigenvalue weighted by Gasteiger charge is -2.34. The van der Waals surface area contributed by atoms with Crippen molar-refractivity contribution in [1.29, 1.82) is 0 Å². The number of carbonyl (C=O) groups is 1. The first-order valence-corrected chi connectivity index (χ1v) is 13.7. The Morgan fingerprint density at radius 1 is 1.26 bits per heavy atom. The predicted molar refractivity (Wildman–Crippen MR) is 135 cm³/mol. The number of anilines is 1. The Morgan fingerprint density at radius 2 is 1.97 bits per heavy atom. The van der Waals surface area contributed by atoms with Crippen molar-refractivity contribution >= 4 is 21.7 Å². The van der Waals surface area contributed by atoms with Crippen molar-refractivity contribution in [3.63, 3.8) is 0 Å². The van der Waals surface area contributed by atoms with E-state index < -0.39 is 27.0 Å². The molecule has 0 bridgehead atoms. The predicted octanol–water partition coefficient (Wildman–Crippen LogP) is 4.77. The Kier molecular flexibility index (Phi) is 6.83. The molecule has 1 N–H and O–H groups in total. The number of nitrogens with zero attached hydrogens (tertiary/aromatic N) is 2. The van der Waals surface area contributed by atoms with E-state index in [4.69, 9.17) is 9.72 Å². The van der Waals surface area contributed by atoms with Crippen LogP contribution in [-0.4, -0.2) is 43.2 Å². The number of amides is 1. The normalized spacial score (nSPS) is 19.7. The Hall–Kier alpha value is -2.68. The molecular formula is C26H34FN3O4S. The van der Waals surface area contributed by atoms with Gasteiger partial charge in [-0.05, 0) is 69.2 Å². The molecule has 9 heteroatoms. The third kappa shape index (κ3) is 5.77. The van der Waals surface area contributed by atoms with Crippen molar-refractivity contribution in [2.75, 3.05) is 18.1 Å². The maximum absolute atomic E-state index is 14.4. The van der Waals surface area contributed by atoms with Gasteiger partial charge in [-0.3, -0.25) is 4.79 Å². The molecule has 1 aromatic carbocycles. The smallest absolute Gasteiger partial charge is 0.268 e. The van der Waals surface area contributed by atoms with Gasteiger partial charge in [0.2, 0.25) is 10.0 Å². The molecule has 4 rings (SSSR count). The largest absolute Gasteiger partial charge is 0.493 e. The van der Waals surface area contributed by atoms with Crippen LogP contribution in [0.5, 0.6) is 5.75 Å². The number of sulfonamides is 1. The van der Waals surface area contributed by atoms with Gasteiger partial charge in [-0.15, -0.1) is 0 Å². The summed E-state index contributed by atoms with van der Waals surface area (Å²) in [6.07, 6.45) is 2.02. The molecular weight excluding hydrogens is 469 g/mol. The number of carbonyl (C=O) groups excluding carboxylic acids is 1. The van der Waals surface area contributed by atoms with Crippen LogP contribution in [0.3, 0.4) is 0 Å². The molecule has 1 saturated heterocycles. The minimum absolute atomic E-state index is 0.188. The average molecular weight is 504 g/mol. The topological polar surface area (TPSA) is 88.6 Å². The van der Waals surface area contributed by atoms with Crippen molar-refractivity contribution < 1.29 is 22.3 Å². The molecule has 190 valence electrons. The van der Waals surface area contributed by atoms with E-state index in [1.54, 1.807) is 18.2 Å². The zero-order chi connectivity index (χ0) is 25.5. The van der Waals surface area contributed by atoms with Crippen molar-refractivity contribution in [3.05, 3.63) is 41.7 Å². The van der Waals surface area contributed by atoms with Gasteiger partial charge in [0.1, 0.15) is 17.4 Å². The highest BCUT2D eigenvalue weighted by molar-refractivity contribution is 7.91. The lowest BCUT2D eigenvalue weighted by molar-refractivity contribution is 0.0981. The number of hydrogen-bond donors (Lipinski definition) is 1. The van der Waals surface area contributed by atoms with Crippen LogP contribution in [0.25, 0.3) is 11.3 Å². The summed E-state index contributed by atoms with van der Waals surface area (Å²) in [5.74, 6) is 0.319. The maximum Gasteiger partial charge on any atom is 0.268 e. The minimum atomic E-state index is -3.71. The Balaban J connectivity index is 1.75. The van der Waals surface area contributed by atoms with Crippen molar-refractivity contribution in [2.24, 2.45) is 11.8 Å². The molecule has 1 aromatic heterocycles. The Bertz CT molecular complexity index is 1230. The molecule has 1 aliphatic heterocycles. The Morgan fingerprint density at radius 3 is 2.57 bits per heavy atom. The molecule has 2 heterocycles. The zero-order valence-electron chi connectivity index (χ0n) is 21.0. The molecule has 0 unspecified atom stereocenters. The summed E-state index contributed by atoms with van der Waals surface area (Å²) in [4.78, 5) is 20.0. The van der Waals surface area contributed by atoms with Crippen molar-refractivity contribution in [3.8, 4) is 17.0 Å². The summed E-state index contributed by atoms with van der Waals surface area (Å²) in [7, 11) is -3.71. The molecule has 2 aromatic rings. The molecule has 1 saturated carbocycles. The second-order valence-corrected chi connectivity index (χ2v) is 12.8. The van der Waals surface area contributed by atoms with Crippen LogP contribution >= 0.6 is 0 Å². The van der Waals surface area contributed by atoms with Crippen LogP contribution in [0, 0.1) is 17.7 Å². The van der Waals surface area contributed by atoms with Gasteiger partial charge < -0.3 is 9.64 Å². The van der Waals surface area contributed by atoms with E-state index in [-0.39, 0.29) is 17.0 Å². The number of hydrogen-bond acceptors (Lipinski definition) is 6. The number of ether oxygens (including phenoxy) is 1. The standard InChI is InChI=1S/C26H34FN3O4S/c1-16(2)15-34-20-11-18(10-19(27)12-20)23-9-8-22(25(31)29-35(32,33)21-6-7-21)24(28-23)30-14-17(3)13-26(30,4)5/h8-12,16-17,21H,6-7,13-15H2,1-5H3,(H,29,31)/t17-/m0/s1. The number of pyridine rings is 1. The summed E-state index contributed by atoms with van der Waals surface area (Å²) < 4.78 is 47.3. The summed E-state index contributed by atoms with van der Waals surface area (Å²) in [6.45, 7) is 11.4. The number of benzene rings is 1. The molecule has 1 amide bonds. The third-order valence-corrected chi connectivity index (χ3v) is 8.22. The highest BCUT2D eigenvalue weighted by Gasteiger charge is 2.41. The number of aromatic nitrogens is 1. The molecule has 1 aliphatic carbocycles. The van der Waals surface area contributed by atoms with Gasteiger partial charge >= 0.3 is 0 Å². The van der Waals surface area contributed by atoms with Gasteiger partial charge in [-0.2, -0.15) is 0 Å². The monoisotopic (exact) mass is 503 g/mol. The summed E-state index contributed by atoms with van der Waals surface area (Å²) >= 11 is 0. The fraction of sp³-hybridized carbons (Fsp3) is 0.538. The lowest BCUT2D eigenvalue weighted by atomic mass is 9.97. The van der Waals surface area contributed by atoms with Crippen molar-refractivity contribution in [1.82, 2.24) is 9.71 Å². The van der Waals surface area contributed by atoms with E-state index in [9.17, 15) is 17.6 Å². The van der Waals surface area contributed by atoms with Crippen LogP contribution in [0.4, 0.5) is 10.2 Å². The van der Waals surface area contributed by atoms with Crippen LogP contribution in [0.2, 0.25) is 0 Å². The fourth-order valence-electron chi connectivity index (χ4n) is 4.65. The quantitative estimate of drug-likeness (QED) is 0.558. The number of rotatable bonds is 8. The van der Waals surface area contributed by atoms with Gasteiger partial charge in [0, 0.05) is 23.7 Å². The summed E-state index contributed by atoms with van der Waals surface area (Å²) in [6, 6.07) is 7.64. The molecule has 7 nitrogen and oxygen atoms in total. The van der Waals surface area contributed by atoms with E-state index in [2.05, 4.69) is 30.4 Å². The van der Waals surface area contributed by atoms with Crippen LogP contribution < -0.4 is 14.4 Å². The fourth-order valence-corrected chi connectivity index (χ4v) is 5.95. The van der Waals surface area contributed by atoms with E-state index >= 15 is 0 Å². The van der Waals surface area contributed by atoms with Gasteiger partial charge in [0.15, 0.2) is 0 Å². The number of nitrogens with one attached hydrogen (secondary N) is 1. The number of halogens is 1. The average Bonchev–Trinajstić information content (AvgIpc) is 3.57. The third-order valence-electron chi connectivity index (χ3n) is 6.40. The highest BCUT2D eigenvalue weighted by atomic mass is 32.2. The van der Waals surface area contributed by atoms with Gasteiger partial charge in [-0.25, -0.2) is 22.5 Å². The highest BCUT2D eigenvalue weighted by Crippen LogP contribution is 2.39.